The normalized spacial score (nSPS) is 11.6. The summed E-state index contributed by atoms with van der Waals surface area (Å²) >= 11 is 0. The molecule has 0 spiro atoms. The molecule has 0 aliphatic carbocycles. The van der Waals surface area contributed by atoms with Gasteiger partial charge in [0.2, 0.25) is 11.7 Å². The SMILES string of the molecule is CCC(C)[CH]C(=O)Nc1cc(-c2cnoc2-c2cc(OC)c(OC)c(OC)c2)ccc1OC. The molecule has 2 aromatic carbocycles. The van der Waals surface area contributed by atoms with Crippen LogP contribution in [0, 0.1) is 12.3 Å². The number of aromatic nitrogens is 1. The highest BCUT2D eigenvalue weighted by atomic mass is 16.5. The Morgan fingerprint density at radius 2 is 1.67 bits per heavy atom. The fourth-order valence-corrected chi connectivity index (χ4v) is 3.39. The lowest BCUT2D eigenvalue weighted by atomic mass is 10.0. The fourth-order valence-electron chi connectivity index (χ4n) is 3.39. The van der Waals surface area contributed by atoms with Crippen molar-refractivity contribution in [3.63, 3.8) is 0 Å². The summed E-state index contributed by atoms with van der Waals surface area (Å²) in [6, 6.07) is 9.08. The molecule has 1 heterocycles. The third kappa shape index (κ3) is 5.22. The highest BCUT2D eigenvalue weighted by molar-refractivity contribution is 5.99. The first-order chi connectivity index (χ1) is 15.9. The van der Waals surface area contributed by atoms with Crippen molar-refractivity contribution in [1.82, 2.24) is 5.16 Å². The van der Waals surface area contributed by atoms with E-state index in [1.807, 2.05) is 26.0 Å². The van der Waals surface area contributed by atoms with Gasteiger partial charge in [0.1, 0.15) is 5.75 Å². The molecule has 0 saturated carbocycles. The molecule has 0 saturated heterocycles. The lowest BCUT2D eigenvalue weighted by Crippen LogP contribution is -2.16. The minimum atomic E-state index is -0.185. The third-order valence-corrected chi connectivity index (χ3v) is 5.35. The number of anilines is 1. The largest absolute Gasteiger partial charge is 0.495 e. The summed E-state index contributed by atoms with van der Waals surface area (Å²) in [4.78, 5) is 12.4. The van der Waals surface area contributed by atoms with Gasteiger partial charge in [-0.2, -0.15) is 0 Å². The van der Waals surface area contributed by atoms with Crippen molar-refractivity contribution < 1.29 is 28.3 Å². The molecular weight excluding hydrogens is 424 g/mol. The van der Waals surface area contributed by atoms with Crippen LogP contribution < -0.4 is 24.3 Å². The monoisotopic (exact) mass is 453 g/mol. The number of rotatable bonds is 10. The highest BCUT2D eigenvalue weighted by Crippen LogP contribution is 2.44. The Hall–Kier alpha value is -3.68. The summed E-state index contributed by atoms with van der Waals surface area (Å²) in [5.74, 6) is 2.53. The second-order valence-corrected chi connectivity index (χ2v) is 7.44. The molecule has 3 rings (SSSR count). The van der Waals surface area contributed by atoms with Crippen LogP contribution >= 0.6 is 0 Å². The molecule has 1 atom stereocenters. The smallest absolute Gasteiger partial charge is 0.228 e. The molecule has 8 nitrogen and oxygen atoms in total. The van der Waals surface area contributed by atoms with Crippen molar-refractivity contribution in [1.29, 1.82) is 0 Å². The average molecular weight is 454 g/mol. The summed E-state index contributed by atoms with van der Waals surface area (Å²) in [5, 5.41) is 6.91. The summed E-state index contributed by atoms with van der Waals surface area (Å²) in [7, 11) is 6.21. The van der Waals surface area contributed by atoms with E-state index in [1.54, 1.807) is 59.3 Å². The van der Waals surface area contributed by atoms with E-state index in [9.17, 15) is 4.79 Å². The lowest BCUT2D eigenvalue weighted by molar-refractivity contribution is -0.113. The van der Waals surface area contributed by atoms with Gasteiger partial charge in [0.05, 0.1) is 46.7 Å². The van der Waals surface area contributed by atoms with E-state index in [2.05, 4.69) is 10.5 Å². The number of carbonyl (C=O) groups is 1. The molecule has 1 radical (unpaired) electrons. The summed E-state index contributed by atoms with van der Waals surface area (Å²) in [5.41, 5.74) is 2.77. The highest BCUT2D eigenvalue weighted by Gasteiger charge is 2.20. The van der Waals surface area contributed by atoms with Crippen LogP contribution in [0.3, 0.4) is 0 Å². The molecule has 0 aliphatic heterocycles. The number of hydrogen-bond acceptors (Lipinski definition) is 7. The van der Waals surface area contributed by atoms with E-state index < -0.39 is 0 Å². The van der Waals surface area contributed by atoms with E-state index in [0.29, 0.717) is 40.0 Å². The first kappa shape index (κ1) is 24.0. The molecule has 1 unspecified atom stereocenters. The number of nitrogens with one attached hydrogen (secondary N) is 1. The predicted octanol–water partition coefficient (Wildman–Crippen LogP) is 5.23. The number of ether oxygens (including phenoxy) is 4. The first-order valence-electron chi connectivity index (χ1n) is 10.5. The molecule has 175 valence electrons. The van der Waals surface area contributed by atoms with Crippen molar-refractivity contribution in [3.05, 3.63) is 42.9 Å². The van der Waals surface area contributed by atoms with Gasteiger partial charge in [-0.25, -0.2) is 0 Å². The summed E-state index contributed by atoms with van der Waals surface area (Å²) in [6.45, 7) is 4.03. The zero-order valence-electron chi connectivity index (χ0n) is 19.7. The van der Waals surface area contributed by atoms with Crippen molar-refractivity contribution in [2.75, 3.05) is 33.8 Å². The first-order valence-corrected chi connectivity index (χ1v) is 10.5. The number of methoxy groups -OCH3 is 4. The quantitative estimate of drug-likeness (QED) is 0.449. The molecule has 0 bridgehead atoms. The fraction of sp³-hybridized carbons (Fsp3) is 0.320. The Kier molecular flexibility index (Phi) is 7.82. The van der Waals surface area contributed by atoms with Crippen LogP contribution in [-0.2, 0) is 4.79 Å². The van der Waals surface area contributed by atoms with Crippen LogP contribution in [-0.4, -0.2) is 39.5 Å². The number of nitrogens with zero attached hydrogens (tertiary/aromatic N) is 1. The maximum Gasteiger partial charge on any atom is 0.228 e. The Labute approximate surface area is 193 Å². The minimum absolute atomic E-state index is 0.170. The van der Waals surface area contributed by atoms with Crippen LogP contribution in [0.2, 0.25) is 0 Å². The van der Waals surface area contributed by atoms with E-state index in [4.69, 9.17) is 23.5 Å². The number of amides is 1. The van der Waals surface area contributed by atoms with Crippen LogP contribution in [0.1, 0.15) is 20.3 Å². The maximum atomic E-state index is 12.4. The Balaban J connectivity index is 2.02. The Morgan fingerprint density at radius 3 is 2.24 bits per heavy atom. The zero-order chi connectivity index (χ0) is 24.0. The molecule has 33 heavy (non-hydrogen) atoms. The maximum absolute atomic E-state index is 12.4. The second-order valence-electron chi connectivity index (χ2n) is 7.44. The predicted molar refractivity (Wildman–Crippen MR) is 126 cm³/mol. The molecule has 3 aromatic rings. The van der Waals surface area contributed by atoms with Crippen molar-refractivity contribution in [2.24, 2.45) is 5.92 Å². The number of hydrogen-bond donors (Lipinski definition) is 1. The molecule has 1 N–H and O–H groups in total. The van der Waals surface area contributed by atoms with Crippen LogP contribution in [0.4, 0.5) is 5.69 Å². The average Bonchev–Trinajstić information content (AvgIpc) is 3.32. The molecule has 1 aromatic heterocycles. The molecule has 1 amide bonds. The van der Waals surface area contributed by atoms with Crippen molar-refractivity contribution in [3.8, 4) is 45.4 Å². The van der Waals surface area contributed by atoms with Gasteiger partial charge in [-0.05, 0) is 35.7 Å². The van der Waals surface area contributed by atoms with Gasteiger partial charge in [0, 0.05) is 11.1 Å². The standard InChI is InChI=1S/C25H29N2O6/c1-7-15(2)10-23(28)27-19-11-16(8-9-20(19)29-3)18-14-26-33-24(18)17-12-21(30-4)25(32-6)22(13-17)31-5/h8-15H,7H2,1-6H3,(H,27,28). The van der Waals surface area contributed by atoms with E-state index >= 15 is 0 Å². The van der Waals surface area contributed by atoms with E-state index in [1.165, 1.54) is 0 Å². The van der Waals surface area contributed by atoms with Gasteiger partial charge in [-0.15, -0.1) is 0 Å². The lowest BCUT2D eigenvalue weighted by Gasteiger charge is -2.15. The minimum Gasteiger partial charge on any atom is -0.495 e. The van der Waals surface area contributed by atoms with Gasteiger partial charge in [-0.3, -0.25) is 4.79 Å². The summed E-state index contributed by atoms with van der Waals surface area (Å²) in [6.07, 6.45) is 4.16. The molecule has 0 aliphatic rings. The van der Waals surface area contributed by atoms with Crippen LogP contribution in [0.25, 0.3) is 22.5 Å². The van der Waals surface area contributed by atoms with Crippen molar-refractivity contribution >= 4 is 11.6 Å². The Bertz CT molecular complexity index is 1080. The van der Waals surface area contributed by atoms with Gasteiger partial charge in [0.15, 0.2) is 17.3 Å². The van der Waals surface area contributed by atoms with Gasteiger partial charge >= 0.3 is 0 Å². The van der Waals surface area contributed by atoms with Gasteiger partial charge in [0.25, 0.3) is 0 Å². The van der Waals surface area contributed by atoms with Crippen LogP contribution in [0.15, 0.2) is 41.1 Å². The van der Waals surface area contributed by atoms with E-state index in [-0.39, 0.29) is 11.8 Å². The summed E-state index contributed by atoms with van der Waals surface area (Å²) < 4.78 is 27.4. The molecule has 0 fully saturated rings. The van der Waals surface area contributed by atoms with E-state index in [0.717, 1.165) is 17.5 Å². The number of carbonyl (C=O) groups excluding carboxylic acids is 1. The van der Waals surface area contributed by atoms with Crippen molar-refractivity contribution in [2.45, 2.75) is 20.3 Å². The topological polar surface area (TPSA) is 92.1 Å². The van der Waals surface area contributed by atoms with Crippen LogP contribution in [0.5, 0.6) is 23.0 Å². The molecule has 8 heteroatoms. The number of benzene rings is 2. The second kappa shape index (κ2) is 10.8. The van der Waals surface area contributed by atoms with Gasteiger partial charge < -0.3 is 28.8 Å². The van der Waals surface area contributed by atoms with Gasteiger partial charge in [-0.1, -0.05) is 31.5 Å². The third-order valence-electron chi connectivity index (χ3n) is 5.35. The Morgan fingerprint density at radius 1 is 1.00 bits per heavy atom. The molecular formula is C25H29N2O6. The zero-order valence-corrected chi connectivity index (χ0v) is 19.7.